The van der Waals surface area contributed by atoms with Gasteiger partial charge in [-0.15, -0.1) is 0 Å². The van der Waals surface area contributed by atoms with Crippen LogP contribution in [0, 0.1) is 0 Å². The molecule has 0 aromatic rings. The van der Waals surface area contributed by atoms with E-state index < -0.39 is 31.1 Å². The number of hydrogen-bond acceptors (Lipinski definition) is 7. The van der Waals surface area contributed by atoms with Crippen LogP contribution < -0.4 is 5.32 Å². The van der Waals surface area contributed by atoms with Crippen LogP contribution in [0.25, 0.3) is 0 Å². The molecule has 15 heavy (non-hydrogen) atoms. The van der Waals surface area contributed by atoms with Crippen LogP contribution in [-0.4, -0.2) is 74.9 Å². The van der Waals surface area contributed by atoms with Crippen molar-refractivity contribution in [2.75, 3.05) is 19.8 Å². The van der Waals surface area contributed by atoms with Crippen molar-refractivity contribution in [1.29, 1.82) is 0 Å². The number of aliphatic hydroxyl groups excluding tert-OH is 6. The van der Waals surface area contributed by atoms with Crippen molar-refractivity contribution in [1.82, 2.24) is 5.32 Å². The first-order chi connectivity index (χ1) is 7.02. The molecule has 0 rings (SSSR count). The first-order valence-corrected chi connectivity index (χ1v) is 4.70. The van der Waals surface area contributed by atoms with Gasteiger partial charge in [0, 0.05) is 13.0 Å². The molecule has 0 saturated carbocycles. The van der Waals surface area contributed by atoms with Crippen molar-refractivity contribution in [2.45, 2.75) is 31.0 Å². The van der Waals surface area contributed by atoms with E-state index in [2.05, 4.69) is 5.32 Å². The van der Waals surface area contributed by atoms with Gasteiger partial charge in [0.1, 0.15) is 18.4 Å². The van der Waals surface area contributed by atoms with Crippen LogP contribution in [0.5, 0.6) is 0 Å². The molecule has 0 aromatic heterocycles. The summed E-state index contributed by atoms with van der Waals surface area (Å²) < 4.78 is 0. The minimum atomic E-state index is -1.51. The highest BCUT2D eigenvalue weighted by Crippen LogP contribution is 2.05. The van der Waals surface area contributed by atoms with Gasteiger partial charge in [0.05, 0.1) is 19.3 Å². The van der Waals surface area contributed by atoms with Crippen LogP contribution in [-0.2, 0) is 0 Å². The van der Waals surface area contributed by atoms with Crippen LogP contribution in [0.3, 0.4) is 0 Å². The maximum Gasteiger partial charge on any atom is 0.108 e. The van der Waals surface area contributed by atoms with Gasteiger partial charge in [0.15, 0.2) is 0 Å². The summed E-state index contributed by atoms with van der Waals surface area (Å²) >= 11 is 0. The molecule has 0 spiro atoms. The van der Waals surface area contributed by atoms with E-state index >= 15 is 0 Å². The second-order valence-corrected chi connectivity index (χ2v) is 3.24. The summed E-state index contributed by atoms with van der Waals surface area (Å²) in [7, 11) is 0. The Kier molecular flexibility index (Phi) is 7.79. The first-order valence-electron chi connectivity index (χ1n) is 4.70. The largest absolute Gasteiger partial charge is 0.395 e. The van der Waals surface area contributed by atoms with Gasteiger partial charge in [-0.3, -0.25) is 5.32 Å². The van der Waals surface area contributed by atoms with Crippen LogP contribution in [0.4, 0.5) is 0 Å². The van der Waals surface area contributed by atoms with Crippen LogP contribution >= 0.6 is 0 Å². The fraction of sp³-hybridized carbons (Fsp3) is 1.00. The van der Waals surface area contributed by atoms with Crippen molar-refractivity contribution in [3.8, 4) is 0 Å². The third-order valence-electron chi connectivity index (χ3n) is 1.93. The Hall–Kier alpha value is -0.280. The van der Waals surface area contributed by atoms with Crippen LogP contribution in [0.1, 0.15) is 6.42 Å². The van der Waals surface area contributed by atoms with Gasteiger partial charge in [-0.1, -0.05) is 0 Å². The van der Waals surface area contributed by atoms with Gasteiger partial charge in [-0.2, -0.15) is 0 Å². The topological polar surface area (TPSA) is 133 Å². The van der Waals surface area contributed by atoms with Crippen LogP contribution in [0.15, 0.2) is 0 Å². The van der Waals surface area contributed by atoms with E-state index in [0.717, 1.165) is 0 Å². The van der Waals surface area contributed by atoms with E-state index in [-0.39, 0.29) is 19.6 Å². The summed E-state index contributed by atoms with van der Waals surface area (Å²) in [5.74, 6) is 0. The fourth-order valence-corrected chi connectivity index (χ4v) is 1.05. The van der Waals surface area contributed by atoms with Crippen molar-refractivity contribution < 1.29 is 30.6 Å². The second kappa shape index (κ2) is 7.94. The highest BCUT2D eigenvalue weighted by atomic mass is 16.4. The predicted octanol–water partition coefficient (Wildman–Crippen LogP) is -3.65. The van der Waals surface area contributed by atoms with E-state index in [9.17, 15) is 15.3 Å². The fourth-order valence-electron chi connectivity index (χ4n) is 1.05. The SMILES string of the molecule is OCCNC(O)C[C@@H](O)[C@H](O)[C@H](O)CO. The third kappa shape index (κ3) is 6.00. The molecule has 0 radical (unpaired) electrons. The van der Waals surface area contributed by atoms with Crippen molar-refractivity contribution >= 4 is 0 Å². The Morgan fingerprint density at radius 3 is 2.00 bits per heavy atom. The van der Waals surface area contributed by atoms with E-state index in [1.54, 1.807) is 0 Å². The molecule has 0 heterocycles. The molecule has 0 saturated heterocycles. The zero-order chi connectivity index (χ0) is 11.8. The lowest BCUT2D eigenvalue weighted by Crippen LogP contribution is -2.44. The van der Waals surface area contributed by atoms with Gasteiger partial charge in [-0.05, 0) is 0 Å². The van der Waals surface area contributed by atoms with Crippen molar-refractivity contribution in [3.05, 3.63) is 0 Å². The van der Waals surface area contributed by atoms with Crippen molar-refractivity contribution in [3.63, 3.8) is 0 Å². The molecule has 0 fully saturated rings. The lowest BCUT2D eigenvalue weighted by Gasteiger charge is -2.23. The molecular weight excluding hydrogens is 206 g/mol. The number of nitrogens with one attached hydrogen (secondary N) is 1. The van der Waals surface area contributed by atoms with E-state index in [0.29, 0.717) is 0 Å². The average molecular weight is 225 g/mol. The summed E-state index contributed by atoms with van der Waals surface area (Å²) in [6.45, 7) is -0.667. The van der Waals surface area contributed by atoms with Gasteiger partial charge >= 0.3 is 0 Å². The molecule has 0 aromatic carbocycles. The average Bonchev–Trinajstić information content (AvgIpc) is 2.23. The molecular formula is C8H19NO6. The molecule has 4 atom stereocenters. The molecule has 0 bridgehead atoms. The summed E-state index contributed by atoms with van der Waals surface area (Å²) in [5.41, 5.74) is 0. The molecule has 0 aliphatic heterocycles. The first kappa shape index (κ1) is 14.7. The Labute approximate surface area is 87.6 Å². The Bertz CT molecular complexity index is 158. The maximum absolute atomic E-state index is 9.31. The molecule has 0 aliphatic carbocycles. The van der Waals surface area contributed by atoms with Crippen LogP contribution in [0.2, 0.25) is 0 Å². The third-order valence-corrected chi connectivity index (χ3v) is 1.93. The molecule has 92 valence electrons. The normalized spacial score (nSPS) is 19.6. The van der Waals surface area contributed by atoms with E-state index in [1.807, 2.05) is 0 Å². The molecule has 7 N–H and O–H groups in total. The van der Waals surface area contributed by atoms with Gasteiger partial charge < -0.3 is 30.6 Å². The summed E-state index contributed by atoms with van der Waals surface area (Å²) in [6.07, 6.45) is -5.61. The smallest absolute Gasteiger partial charge is 0.108 e. The lowest BCUT2D eigenvalue weighted by molar-refractivity contribution is -0.0901. The molecule has 7 nitrogen and oxygen atoms in total. The second-order valence-electron chi connectivity index (χ2n) is 3.24. The summed E-state index contributed by atoms with van der Waals surface area (Å²) in [5, 5.41) is 56.1. The molecule has 0 amide bonds. The standard InChI is InChI=1S/C8H19NO6/c10-2-1-9-7(14)3-5(12)8(15)6(13)4-11/h5-15H,1-4H2/t5-,6-,7?,8+/m1/s1. The Morgan fingerprint density at radius 1 is 0.933 bits per heavy atom. The maximum atomic E-state index is 9.31. The number of aliphatic hydroxyl groups is 6. The molecule has 7 heteroatoms. The summed E-state index contributed by atoms with van der Waals surface area (Å²) in [6, 6.07) is 0. The predicted molar refractivity (Wildman–Crippen MR) is 50.8 cm³/mol. The molecule has 1 unspecified atom stereocenters. The number of hydrogen-bond donors (Lipinski definition) is 7. The zero-order valence-corrected chi connectivity index (χ0v) is 8.32. The van der Waals surface area contributed by atoms with E-state index in [4.69, 9.17) is 15.3 Å². The molecule has 0 aliphatic rings. The van der Waals surface area contributed by atoms with Gasteiger partial charge in [0.25, 0.3) is 0 Å². The van der Waals surface area contributed by atoms with E-state index in [1.165, 1.54) is 0 Å². The minimum absolute atomic E-state index is 0.158. The van der Waals surface area contributed by atoms with Gasteiger partial charge in [-0.25, -0.2) is 0 Å². The summed E-state index contributed by atoms with van der Waals surface area (Å²) in [4.78, 5) is 0. The zero-order valence-electron chi connectivity index (χ0n) is 8.32. The Morgan fingerprint density at radius 2 is 1.53 bits per heavy atom. The van der Waals surface area contributed by atoms with Crippen molar-refractivity contribution in [2.24, 2.45) is 0 Å². The Balaban J connectivity index is 3.84. The minimum Gasteiger partial charge on any atom is -0.395 e. The van der Waals surface area contributed by atoms with Gasteiger partial charge in [0.2, 0.25) is 0 Å². The number of rotatable bonds is 8. The lowest BCUT2D eigenvalue weighted by atomic mass is 10.1. The quantitative estimate of drug-likeness (QED) is 0.212. The highest BCUT2D eigenvalue weighted by molar-refractivity contribution is 4.76. The highest BCUT2D eigenvalue weighted by Gasteiger charge is 2.25. The monoisotopic (exact) mass is 225 g/mol.